The van der Waals surface area contributed by atoms with Gasteiger partial charge in [-0.3, -0.25) is 9.71 Å². The van der Waals surface area contributed by atoms with E-state index >= 15 is 0 Å². The van der Waals surface area contributed by atoms with Crippen LogP contribution in [-0.4, -0.2) is 18.5 Å². The number of aliphatic hydroxyl groups is 1. The lowest BCUT2D eigenvalue weighted by atomic mass is 10.1. The molecular formula is C13H12F2N2O3S. The molecule has 21 heavy (non-hydrogen) atoms. The highest BCUT2D eigenvalue weighted by molar-refractivity contribution is 7.92. The number of pyridine rings is 1. The van der Waals surface area contributed by atoms with E-state index in [0.717, 1.165) is 24.4 Å². The van der Waals surface area contributed by atoms with Crippen LogP contribution in [0.25, 0.3) is 0 Å². The SMILES string of the molecule is Cc1c(F)cc(CO)cc1S(=O)(=O)Nc1ccncc1F. The van der Waals surface area contributed by atoms with Gasteiger partial charge in [-0.2, -0.15) is 0 Å². The highest BCUT2D eigenvalue weighted by Crippen LogP contribution is 2.24. The normalized spacial score (nSPS) is 11.4. The second-order valence-electron chi connectivity index (χ2n) is 4.32. The van der Waals surface area contributed by atoms with Gasteiger partial charge in [0.1, 0.15) is 5.82 Å². The van der Waals surface area contributed by atoms with Crippen molar-refractivity contribution >= 4 is 15.7 Å². The third-order valence-corrected chi connectivity index (χ3v) is 4.34. The van der Waals surface area contributed by atoms with Crippen LogP contribution in [0.2, 0.25) is 0 Å². The molecule has 2 N–H and O–H groups in total. The summed E-state index contributed by atoms with van der Waals surface area (Å²) in [7, 11) is -4.19. The van der Waals surface area contributed by atoms with Crippen molar-refractivity contribution in [3.05, 3.63) is 53.4 Å². The van der Waals surface area contributed by atoms with Gasteiger partial charge in [-0.1, -0.05) is 0 Å². The van der Waals surface area contributed by atoms with Crippen LogP contribution in [0, 0.1) is 18.6 Å². The van der Waals surface area contributed by atoms with Gasteiger partial charge in [0.15, 0.2) is 5.82 Å². The zero-order chi connectivity index (χ0) is 15.6. The largest absolute Gasteiger partial charge is 0.392 e. The molecule has 112 valence electrons. The molecule has 0 aliphatic carbocycles. The zero-order valence-corrected chi connectivity index (χ0v) is 11.8. The molecule has 0 saturated carbocycles. The van der Waals surface area contributed by atoms with Crippen LogP contribution in [0.4, 0.5) is 14.5 Å². The summed E-state index contributed by atoms with van der Waals surface area (Å²) in [6.07, 6.45) is 2.08. The second kappa shape index (κ2) is 5.74. The quantitative estimate of drug-likeness (QED) is 0.904. The molecule has 1 aromatic heterocycles. The van der Waals surface area contributed by atoms with Gasteiger partial charge in [0.05, 0.1) is 23.4 Å². The van der Waals surface area contributed by atoms with Crippen LogP contribution < -0.4 is 4.72 Å². The predicted octanol–water partition coefficient (Wildman–Crippen LogP) is 1.96. The van der Waals surface area contributed by atoms with Gasteiger partial charge in [-0.15, -0.1) is 0 Å². The average Bonchev–Trinajstić information content (AvgIpc) is 2.43. The van der Waals surface area contributed by atoms with Crippen LogP contribution >= 0.6 is 0 Å². The molecular weight excluding hydrogens is 302 g/mol. The lowest BCUT2D eigenvalue weighted by molar-refractivity contribution is 0.281. The van der Waals surface area contributed by atoms with Crippen LogP contribution in [0.1, 0.15) is 11.1 Å². The Morgan fingerprint density at radius 3 is 2.62 bits per heavy atom. The number of nitrogens with one attached hydrogen (secondary N) is 1. The number of nitrogens with zero attached hydrogens (tertiary/aromatic N) is 1. The maximum Gasteiger partial charge on any atom is 0.262 e. The van der Waals surface area contributed by atoms with Gasteiger partial charge in [0, 0.05) is 11.8 Å². The Kier molecular flexibility index (Phi) is 4.19. The number of aromatic nitrogens is 1. The molecule has 0 fully saturated rings. The van der Waals surface area contributed by atoms with Crippen molar-refractivity contribution in [3.8, 4) is 0 Å². The fourth-order valence-corrected chi connectivity index (χ4v) is 3.11. The number of aliphatic hydroxyl groups excluding tert-OH is 1. The summed E-state index contributed by atoms with van der Waals surface area (Å²) in [6, 6.07) is 3.33. The smallest absolute Gasteiger partial charge is 0.262 e. The fourth-order valence-electron chi connectivity index (χ4n) is 1.74. The summed E-state index contributed by atoms with van der Waals surface area (Å²) in [6.45, 7) is 0.775. The lowest BCUT2D eigenvalue weighted by Gasteiger charge is -2.12. The summed E-state index contributed by atoms with van der Waals surface area (Å²) in [5, 5.41) is 9.03. The van der Waals surface area contributed by atoms with Gasteiger partial charge in [0.25, 0.3) is 10.0 Å². The molecule has 2 aromatic rings. The van der Waals surface area contributed by atoms with E-state index in [2.05, 4.69) is 4.98 Å². The molecule has 8 heteroatoms. The Morgan fingerprint density at radius 1 is 1.29 bits per heavy atom. The molecule has 2 rings (SSSR count). The molecule has 0 amide bonds. The Labute approximate surface area is 120 Å². The molecule has 0 atom stereocenters. The molecule has 1 heterocycles. The van der Waals surface area contributed by atoms with Crippen molar-refractivity contribution in [2.24, 2.45) is 0 Å². The maximum absolute atomic E-state index is 13.7. The van der Waals surface area contributed by atoms with Crippen LogP contribution in [0.5, 0.6) is 0 Å². The predicted molar refractivity (Wildman–Crippen MR) is 72.1 cm³/mol. The third-order valence-electron chi connectivity index (χ3n) is 2.85. The Hall–Kier alpha value is -2.06. The Bertz CT molecular complexity index is 779. The first-order valence-corrected chi connectivity index (χ1v) is 7.35. The summed E-state index contributed by atoms with van der Waals surface area (Å²) in [4.78, 5) is 3.15. The van der Waals surface area contributed by atoms with Crippen molar-refractivity contribution in [2.45, 2.75) is 18.4 Å². The van der Waals surface area contributed by atoms with Gasteiger partial charge >= 0.3 is 0 Å². The first-order chi connectivity index (χ1) is 9.85. The van der Waals surface area contributed by atoms with E-state index in [0.29, 0.717) is 0 Å². The van der Waals surface area contributed by atoms with Crippen molar-refractivity contribution in [1.29, 1.82) is 0 Å². The Balaban J connectivity index is 2.50. The lowest BCUT2D eigenvalue weighted by Crippen LogP contribution is -2.16. The molecule has 0 aliphatic rings. The fraction of sp³-hybridized carbons (Fsp3) is 0.154. The maximum atomic E-state index is 13.7. The number of halogens is 2. The topological polar surface area (TPSA) is 79.3 Å². The molecule has 5 nitrogen and oxygen atoms in total. The molecule has 0 bridgehead atoms. The van der Waals surface area contributed by atoms with Gasteiger partial charge < -0.3 is 5.11 Å². The van der Waals surface area contributed by atoms with Gasteiger partial charge in [-0.05, 0) is 30.7 Å². The second-order valence-corrected chi connectivity index (χ2v) is 5.97. The first-order valence-electron chi connectivity index (χ1n) is 5.87. The van der Waals surface area contributed by atoms with E-state index < -0.39 is 28.3 Å². The standard InChI is InChI=1S/C13H12F2N2O3S/c1-8-10(14)4-9(7-18)5-13(8)21(19,20)17-12-2-3-16-6-11(12)15/h2-6,18H,7H2,1H3,(H,16,17). The molecule has 0 aliphatic heterocycles. The van der Waals surface area contributed by atoms with Gasteiger partial charge in [0.2, 0.25) is 0 Å². The minimum Gasteiger partial charge on any atom is -0.392 e. The summed E-state index contributed by atoms with van der Waals surface area (Å²) in [5.74, 6) is -1.62. The number of rotatable bonds is 4. The summed E-state index contributed by atoms with van der Waals surface area (Å²) < 4.78 is 53.7. The number of hydrogen-bond acceptors (Lipinski definition) is 4. The van der Waals surface area contributed by atoms with Crippen molar-refractivity contribution in [2.75, 3.05) is 4.72 Å². The highest BCUT2D eigenvalue weighted by atomic mass is 32.2. The van der Waals surface area contributed by atoms with E-state index in [-0.39, 0.29) is 21.7 Å². The molecule has 0 spiro atoms. The van der Waals surface area contributed by atoms with Crippen LogP contribution in [-0.2, 0) is 16.6 Å². The average molecular weight is 314 g/mol. The van der Waals surface area contributed by atoms with E-state index in [1.54, 1.807) is 0 Å². The van der Waals surface area contributed by atoms with E-state index in [1.807, 2.05) is 4.72 Å². The van der Waals surface area contributed by atoms with Crippen LogP contribution in [0.3, 0.4) is 0 Å². The van der Waals surface area contributed by atoms with E-state index in [9.17, 15) is 17.2 Å². The van der Waals surface area contributed by atoms with E-state index in [1.165, 1.54) is 13.1 Å². The van der Waals surface area contributed by atoms with E-state index in [4.69, 9.17) is 5.11 Å². The van der Waals surface area contributed by atoms with Crippen LogP contribution in [0.15, 0.2) is 35.5 Å². The van der Waals surface area contributed by atoms with Crippen molar-refractivity contribution < 1.29 is 22.3 Å². The summed E-state index contributed by atoms with van der Waals surface area (Å²) >= 11 is 0. The molecule has 0 radical (unpaired) electrons. The number of benzene rings is 1. The minimum atomic E-state index is -4.19. The van der Waals surface area contributed by atoms with Gasteiger partial charge in [-0.25, -0.2) is 17.2 Å². The monoisotopic (exact) mass is 314 g/mol. The minimum absolute atomic E-state index is 0.105. The third kappa shape index (κ3) is 3.17. The van der Waals surface area contributed by atoms with Crippen molar-refractivity contribution in [3.63, 3.8) is 0 Å². The number of sulfonamides is 1. The first kappa shape index (κ1) is 15.3. The summed E-state index contributed by atoms with van der Waals surface area (Å²) in [5.41, 5.74) is -0.304. The number of hydrogen-bond donors (Lipinski definition) is 2. The molecule has 1 aromatic carbocycles. The highest BCUT2D eigenvalue weighted by Gasteiger charge is 2.21. The Morgan fingerprint density at radius 2 is 2.00 bits per heavy atom. The molecule has 0 unspecified atom stereocenters. The van der Waals surface area contributed by atoms with Crippen molar-refractivity contribution in [1.82, 2.24) is 4.98 Å². The zero-order valence-electron chi connectivity index (χ0n) is 11.0. The molecule has 0 saturated heterocycles. The number of anilines is 1.